The van der Waals surface area contributed by atoms with E-state index >= 15 is 0 Å². The zero-order valence-corrected chi connectivity index (χ0v) is 16.5. The maximum absolute atomic E-state index is 12.9. The van der Waals surface area contributed by atoms with E-state index in [2.05, 4.69) is 0 Å². The van der Waals surface area contributed by atoms with E-state index in [0.29, 0.717) is 22.6 Å². The largest absolute Gasteiger partial charge is 0.456 e. The van der Waals surface area contributed by atoms with Gasteiger partial charge in [-0.25, -0.2) is 9.59 Å². The Kier molecular flexibility index (Phi) is 4.00. The summed E-state index contributed by atoms with van der Waals surface area (Å²) >= 11 is 0. The van der Waals surface area contributed by atoms with Gasteiger partial charge in [0.1, 0.15) is 11.5 Å². The molecule has 0 aromatic heterocycles. The first-order chi connectivity index (χ1) is 14.4. The van der Waals surface area contributed by atoms with Crippen molar-refractivity contribution in [2.75, 3.05) is 0 Å². The van der Waals surface area contributed by atoms with E-state index in [-0.39, 0.29) is 5.57 Å². The summed E-state index contributed by atoms with van der Waals surface area (Å²) in [5.41, 5.74) is 1.78. The van der Waals surface area contributed by atoms with Crippen molar-refractivity contribution in [2.45, 2.75) is 19.6 Å². The van der Waals surface area contributed by atoms with Gasteiger partial charge in [-0.2, -0.15) is 0 Å². The highest BCUT2D eigenvalue weighted by atomic mass is 16.7. The molecular formula is C25H18O5. The van der Waals surface area contributed by atoms with Crippen molar-refractivity contribution in [2.24, 2.45) is 0 Å². The average Bonchev–Trinajstić information content (AvgIpc) is 2.72. The minimum absolute atomic E-state index is 0.136. The molecule has 3 aromatic carbocycles. The first-order valence-corrected chi connectivity index (χ1v) is 9.61. The molecule has 0 bridgehead atoms. The number of fused-ring (bicyclic) bond motifs is 3. The number of allylic oxidation sites excluding steroid dienone is 2. The summed E-state index contributed by atoms with van der Waals surface area (Å²) in [4.78, 5) is 25.7. The molecule has 5 heteroatoms. The SMILES string of the molecule is CC1(C)OC(=O)C(=C2C=C(c3ccccc3)Oc3ccc4ccccc4c32)C(=O)O1. The fourth-order valence-corrected chi connectivity index (χ4v) is 3.78. The number of esters is 2. The minimum Gasteiger partial charge on any atom is -0.456 e. The van der Waals surface area contributed by atoms with E-state index in [1.54, 1.807) is 6.08 Å². The van der Waals surface area contributed by atoms with Crippen LogP contribution in [0, 0.1) is 0 Å². The molecule has 1 fully saturated rings. The molecule has 5 nitrogen and oxygen atoms in total. The zero-order valence-electron chi connectivity index (χ0n) is 16.5. The molecule has 148 valence electrons. The van der Waals surface area contributed by atoms with Crippen molar-refractivity contribution in [1.82, 2.24) is 0 Å². The minimum atomic E-state index is -1.31. The molecule has 0 aliphatic carbocycles. The van der Waals surface area contributed by atoms with Crippen LogP contribution in [0.25, 0.3) is 22.1 Å². The molecule has 5 rings (SSSR count). The Balaban J connectivity index is 1.81. The topological polar surface area (TPSA) is 61.8 Å². The summed E-state index contributed by atoms with van der Waals surface area (Å²) in [6.07, 6.45) is 1.71. The lowest BCUT2D eigenvalue weighted by Crippen LogP contribution is -2.42. The molecule has 0 radical (unpaired) electrons. The first-order valence-electron chi connectivity index (χ1n) is 9.61. The normalized spacial score (nSPS) is 17.6. The maximum atomic E-state index is 12.9. The number of carbonyl (C=O) groups excluding carboxylic acids is 2. The standard InChI is InChI=1S/C25H18O5/c1-25(2)29-23(26)22(24(27)30-25)18-14-20(16-9-4-3-5-10-16)28-19-13-12-15-8-6-7-11-17(15)21(18)19/h3-14H,1-2H3. The molecule has 0 N–H and O–H groups in total. The van der Waals surface area contributed by atoms with E-state index in [0.717, 1.165) is 16.3 Å². The summed E-state index contributed by atoms with van der Waals surface area (Å²) in [6.45, 7) is 3.06. The number of benzene rings is 3. The molecule has 2 heterocycles. The van der Waals surface area contributed by atoms with Crippen molar-refractivity contribution in [3.05, 3.63) is 89.5 Å². The molecule has 0 saturated carbocycles. The Morgan fingerprint density at radius 2 is 1.43 bits per heavy atom. The Bertz CT molecular complexity index is 1240. The highest BCUT2D eigenvalue weighted by Gasteiger charge is 2.42. The number of cyclic esters (lactones) is 2. The Labute approximate surface area is 173 Å². The van der Waals surface area contributed by atoms with E-state index in [1.807, 2.05) is 66.7 Å². The van der Waals surface area contributed by atoms with E-state index in [1.165, 1.54) is 13.8 Å². The van der Waals surface area contributed by atoms with Gasteiger partial charge in [0, 0.05) is 30.5 Å². The zero-order chi connectivity index (χ0) is 20.9. The van der Waals surface area contributed by atoms with Gasteiger partial charge in [0.2, 0.25) is 0 Å². The molecule has 0 unspecified atom stereocenters. The van der Waals surface area contributed by atoms with Gasteiger partial charge in [0.25, 0.3) is 5.79 Å². The number of hydrogen-bond donors (Lipinski definition) is 0. The molecule has 3 aromatic rings. The quantitative estimate of drug-likeness (QED) is 0.333. The van der Waals surface area contributed by atoms with Crippen LogP contribution in [0.2, 0.25) is 0 Å². The monoisotopic (exact) mass is 398 g/mol. The number of ether oxygens (including phenoxy) is 3. The molecule has 0 atom stereocenters. The van der Waals surface area contributed by atoms with Gasteiger partial charge in [-0.15, -0.1) is 0 Å². The summed E-state index contributed by atoms with van der Waals surface area (Å²) in [5.74, 6) is -1.64. The third-order valence-electron chi connectivity index (χ3n) is 5.07. The van der Waals surface area contributed by atoms with Crippen LogP contribution in [0.15, 0.2) is 78.4 Å². The second-order valence-electron chi connectivity index (χ2n) is 7.60. The number of rotatable bonds is 1. The van der Waals surface area contributed by atoms with Crippen molar-refractivity contribution >= 4 is 34.0 Å². The van der Waals surface area contributed by atoms with Crippen LogP contribution in [0.5, 0.6) is 5.75 Å². The van der Waals surface area contributed by atoms with E-state index < -0.39 is 17.7 Å². The molecule has 2 aliphatic rings. The second kappa shape index (κ2) is 6.59. The Morgan fingerprint density at radius 1 is 0.767 bits per heavy atom. The number of hydrogen-bond acceptors (Lipinski definition) is 5. The lowest BCUT2D eigenvalue weighted by molar-refractivity contribution is -0.222. The summed E-state index contributed by atoms with van der Waals surface area (Å²) < 4.78 is 16.9. The second-order valence-corrected chi connectivity index (χ2v) is 7.60. The molecule has 0 amide bonds. The highest BCUT2D eigenvalue weighted by Crippen LogP contribution is 2.43. The molecule has 0 spiro atoms. The lowest BCUT2D eigenvalue weighted by Gasteiger charge is -2.31. The average molecular weight is 398 g/mol. The van der Waals surface area contributed by atoms with Crippen molar-refractivity contribution in [3.8, 4) is 5.75 Å². The third-order valence-corrected chi connectivity index (χ3v) is 5.07. The van der Waals surface area contributed by atoms with Crippen LogP contribution < -0.4 is 4.74 Å². The van der Waals surface area contributed by atoms with Crippen molar-refractivity contribution < 1.29 is 23.8 Å². The smallest absolute Gasteiger partial charge is 0.349 e. The van der Waals surface area contributed by atoms with Crippen molar-refractivity contribution in [1.29, 1.82) is 0 Å². The van der Waals surface area contributed by atoms with Crippen LogP contribution >= 0.6 is 0 Å². The predicted octanol–water partition coefficient (Wildman–Crippen LogP) is 4.86. The van der Waals surface area contributed by atoms with Crippen LogP contribution in [-0.4, -0.2) is 17.7 Å². The molecule has 2 aliphatic heterocycles. The van der Waals surface area contributed by atoms with Crippen LogP contribution in [0.4, 0.5) is 0 Å². The fourth-order valence-electron chi connectivity index (χ4n) is 3.78. The van der Waals surface area contributed by atoms with Crippen LogP contribution in [0.1, 0.15) is 25.0 Å². The van der Waals surface area contributed by atoms with Gasteiger partial charge < -0.3 is 14.2 Å². The molecular weight excluding hydrogens is 380 g/mol. The van der Waals surface area contributed by atoms with Gasteiger partial charge in [0.15, 0.2) is 5.57 Å². The summed E-state index contributed by atoms with van der Waals surface area (Å²) in [7, 11) is 0. The third kappa shape index (κ3) is 2.95. The van der Waals surface area contributed by atoms with Crippen LogP contribution in [0.3, 0.4) is 0 Å². The van der Waals surface area contributed by atoms with Crippen molar-refractivity contribution in [3.63, 3.8) is 0 Å². The van der Waals surface area contributed by atoms with E-state index in [4.69, 9.17) is 14.2 Å². The predicted molar refractivity (Wildman–Crippen MR) is 112 cm³/mol. The molecule has 1 saturated heterocycles. The fraction of sp³-hybridized carbons (Fsp3) is 0.120. The number of carbonyl (C=O) groups is 2. The summed E-state index contributed by atoms with van der Waals surface area (Å²) in [5, 5.41) is 1.83. The highest BCUT2D eigenvalue weighted by molar-refractivity contribution is 6.24. The summed E-state index contributed by atoms with van der Waals surface area (Å²) in [6, 6.07) is 21.0. The van der Waals surface area contributed by atoms with E-state index in [9.17, 15) is 9.59 Å². The van der Waals surface area contributed by atoms with Gasteiger partial charge >= 0.3 is 11.9 Å². The Hall–Kier alpha value is -3.86. The lowest BCUT2D eigenvalue weighted by atomic mass is 9.90. The van der Waals surface area contributed by atoms with Gasteiger partial charge in [-0.3, -0.25) is 0 Å². The first kappa shape index (κ1) is 18.2. The van der Waals surface area contributed by atoms with Gasteiger partial charge in [0.05, 0.1) is 0 Å². The molecule has 30 heavy (non-hydrogen) atoms. The van der Waals surface area contributed by atoms with Gasteiger partial charge in [-0.1, -0.05) is 60.7 Å². The Morgan fingerprint density at radius 3 is 2.17 bits per heavy atom. The maximum Gasteiger partial charge on any atom is 0.349 e. The van der Waals surface area contributed by atoms with Gasteiger partial charge in [-0.05, 0) is 22.9 Å². The van der Waals surface area contributed by atoms with Crippen LogP contribution in [-0.2, 0) is 19.1 Å².